The molecule has 0 spiro atoms. The standard InChI is InChI=1S/C44H46N4/c1-28-16-20-42(48-41-15-5-3-11-36(41)39-24-30(27-46)17-21-43(39)48)38(22-28)34-13-7-12-33(34)31-18-19-37-35-10-2-4-14-40(35)47(44(37)25-31)32-9-6-8-29(23-32)26-45/h2-3,5,9-12,18-19,23,25,28,30,34,38,41-42H,4,6-8,13-17,20-22,24H2,1H3. The highest BCUT2D eigenvalue weighted by molar-refractivity contribution is 5.97. The first-order valence-corrected chi connectivity index (χ1v) is 18.8. The third kappa shape index (κ3) is 4.75. The normalized spacial score (nSPS) is 30.9. The van der Waals surface area contributed by atoms with Crippen LogP contribution in [0.5, 0.6) is 0 Å². The van der Waals surface area contributed by atoms with Crippen LogP contribution >= 0.6 is 0 Å². The van der Waals surface area contributed by atoms with Gasteiger partial charge in [-0.05, 0) is 136 Å². The van der Waals surface area contributed by atoms with Crippen molar-refractivity contribution in [2.75, 3.05) is 0 Å². The molecule has 0 amide bonds. The predicted molar refractivity (Wildman–Crippen MR) is 195 cm³/mol. The highest BCUT2D eigenvalue weighted by Gasteiger charge is 2.47. The molecule has 48 heavy (non-hydrogen) atoms. The number of rotatable bonds is 4. The molecule has 2 heterocycles. The van der Waals surface area contributed by atoms with Gasteiger partial charge in [0, 0.05) is 39.7 Å². The van der Waals surface area contributed by atoms with Crippen LogP contribution in [0.15, 0.2) is 83.1 Å². The molecule has 1 aliphatic heterocycles. The molecular weight excluding hydrogens is 585 g/mol. The summed E-state index contributed by atoms with van der Waals surface area (Å²) in [6, 6.07) is 13.4. The molecule has 1 fully saturated rings. The number of allylic oxidation sites excluding steroid dienone is 10. The number of nitrogens with zero attached hydrogens (tertiary/aromatic N) is 4. The minimum absolute atomic E-state index is 0.157. The molecule has 0 saturated heterocycles. The topological polar surface area (TPSA) is 55.8 Å². The van der Waals surface area contributed by atoms with E-state index in [1.807, 2.05) is 0 Å². The van der Waals surface area contributed by atoms with Gasteiger partial charge < -0.3 is 9.47 Å². The van der Waals surface area contributed by atoms with Crippen LogP contribution < -0.4 is 0 Å². The lowest BCUT2D eigenvalue weighted by Gasteiger charge is -2.48. The zero-order valence-electron chi connectivity index (χ0n) is 28.3. The molecule has 1 aromatic heterocycles. The maximum atomic E-state index is 9.85. The third-order valence-corrected chi connectivity index (χ3v) is 12.8. The number of benzene rings is 1. The van der Waals surface area contributed by atoms with Crippen molar-refractivity contribution in [2.24, 2.45) is 23.7 Å². The second kappa shape index (κ2) is 12.0. The van der Waals surface area contributed by atoms with Gasteiger partial charge in [-0.2, -0.15) is 10.5 Å². The molecule has 2 aromatic rings. The summed E-state index contributed by atoms with van der Waals surface area (Å²) in [7, 11) is 0. The zero-order chi connectivity index (χ0) is 32.4. The van der Waals surface area contributed by atoms with E-state index in [1.165, 1.54) is 70.3 Å². The summed E-state index contributed by atoms with van der Waals surface area (Å²) in [5, 5.41) is 21.0. The minimum atomic E-state index is 0.157. The van der Waals surface area contributed by atoms with E-state index in [1.54, 1.807) is 11.3 Å². The Kier molecular flexibility index (Phi) is 7.46. The Bertz CT molecular complexity index is 1990. The maximum Gasteiger partial charge on any atom is 0.0947 e. The van der Waals surface area contributed by atoms with E-state index in [0.29, 0.717) is 23.9 Å². The first-order chi connectivity index (χ1) is 23.6. The predicted octanol–water partition coefficient (Wildman–Crippen LogP) is 10.4. The fourth-order valence-corrected chi connectivity index (χ4v) is 10.7. The van der Waals surface area contributed by atoms with Crippen molar-refractivity contribution in [1.29, 1.82) is 10.5 Å². The monoisotopic (exact) mass is 630 g/mol. The lowest BCUT2D eigenvalue weighted by atomic mass is 9.68. The summed E-state index contributed by atoms with van der Waals surface area (Å²) in [6.07, 6.45) is 32.9. The van der Waals surface area contributed by atoms with Gasteiger partial charge >= 0.3 is 0 Å². The Hall–Kier alpha value is -4.28. The summed E-state index contributed by atoms with van der Waals surface area (Å²) in [5.41, 5.74) is 13.6. The van der Waals surface area contributed by atoms with Gasteiger partial charge in [0.15, 0.2) is 0 Å². The molecule has 4 heteroatoms. The van der Waals surface area contributed by atoms with Crippen LogP contribution in [-0.4, -0.2) is 21.6 Å². The molecule has 9 rings (SSSR count). The summed E-state index contributed by atoms with van der Waals surface area (Å²) in [5.74, 6) is 2.08. The average molecular weight is 631 g/mol. The van der Waals surface area contributed by atoms with Crippen molar-refractivity contribution < 1.29 is 0 Å². The summed E-state index contributed by atoms with van der Waals surface area (Å²) >= 11 is 0. The summed E-state index contributed by atoms with van der Waals surface area (Å²) in [4.78, 5) is 2.92. The molecule has 6 unspecified atom stereocenters. The van der Waals surface area contributed by atoms with Crippen LogP contribution in [0.2, 0.25) is 0 Å². The number of aromatic nitrogens is 1. The first-order valence-electron chi connectivity index (χ1n) is 18.8. The molecule has 4 nitrogen and oxygen atoms in total. The van der Waals surface area contributed by atoms with E-state index in [2.05, 4.69) is 95.3 Å². The highest BCUT2D eigenvalue weighted by atomic mass is 15.2. The Labute approximate surface area is 285 Å². The Balaban J connectivity index is 1.11. The van der Waals surface area contributed by atoms with Gasteiger partial charge in [0.25, 0.3) is 0 Å². The van der Waals surface area contributed by atoms with Crippen molar-refractivity contribution in [3.05, 3.63) is 100.0 Å². The molecule has 242 valence electrons. The van der Waals surface area contributed by atoms with Gasteiger partial charge in [0.05, 0.1) is 29.6 Å². The van der Waals surface area contributed by atoms with Gasteiger partial charge in [0.1, 0.15) is 0 Å². The Morgan fingerprint density at radius 3 is 2.75 bits per heavy atom. The first kappa shape index (κ1) is 29.8. The van der Waals surface area contributed by atoms with E-state index in [4.69, 9.17) is 0 Å². The van der Waals surface area contributed by atoms with Crippen molar-refractivity contribution in [1.82, 2.24) is 9.47 Å². The third-order valence-electron chi connectivity index (χ3n) is 12.8. The number of nitriles is 2. The molecule has 0 N–H and O–H groups in total. The fraction of sp³-hybridized carbons (Fsp3) is 0.455. The summed E-state index contributed by atoms with van der Waals surface area (Å²) < 4.78 is 2.49. The molecule has 6 aliphatic carbocycles. The molecule has 0 radical (unpaired) electrons. The SMILES string of the molecule is CC1CCC(N2C3=C(CC(C#N)CC3)C3=CC=CCC32)C(C2CCC=C2c2ccc3c4c(n(C5=CCCC(C#N)=C5)c3c2)CCC=C4)C1. The van der Waals surface area contributed by atoms with Gasteiger partial charge in [0.2, 0.25) is 0 Å². The van der Waals surface area contributed by atoms with E-state index in [9.17, 15) is 10.5 Å². The van der Waals surface area contributed by atoms with Crippen LogP contribution in [-0.2, 0) is 6.42 Å². The molecule has 6 atom stereocenters. The second-order valence-electron chi connectivity index (χ2n) is 15.5. The van der Waals surface area contributed by atoms with E-state index in [-0.39, 0.29) is 5.92 Å². The Morgan fingerprint density at radius 1 is 0.917 bits per heavy atom. The van der Waals surface area contributed by atoms with Crippen molar-refractivity contribution in [3.8, 4) is 12.1 Å². The van der Waals surface area contributed by atoms with Crippen LogP contribution in [0.1, 0.15) is 101 Å². The molecule has 0 bridgehead atoms. The lowest BCUT2D eigenvalue weighted by Crippen LogP contribution is -2.49. The fourth-order valence-electron chi connectivity index (χ4n) is 10.7. The second-order valence-corrected chi connectivity index (χ2v) is 15.5. The van der Waals surface area contributed by atoms with Crippen molar-refractivity contribution >= 4 is 28.2 Å². The van der Waals surface area contributed by atoms with Gasteiger partial charge in [-0.3, -0.25) is 0 Å². The average Bonchev–Trinajstić information content (AvgIpc) is 3.84. The molecule has 7 aliphatic rings. The van der Waals surface area contributed by atoms with Crippen LogP contribution in [0.4, 0.5) is 0 Å². The number of fused-ring (bicyclic) bond motifs is 5. The van der Waals surface area contributed by atoms with Gasteiger partial charge in [-0.15, -0.1) is 0 Å². The molecular formula is C44H46N4. The zero-order valence-corrected chi connectivity index (χ0v) is 28.3. The number of hydrogen-bond donors (Lipinski definition) is 0. The molecule has 1 aromatic carbocycles. The highest BCUT2D eigenvalue weighted by Crippen LogP contribution is 2.53. The largest absolute Gasteiger partial charge is 0.364 e. The van der Waals surface area contributed by atoms with Crippen LogP contribution in [0.25, 0.3) is 28.2 Å². The van der Waals surface area contributed by atoms with Crippen LogP contribution in [0, 0.1) is 46.3 Å². The van der Waals surface area contributed by atoms with Gasteiger partial charge in [-0.1, -0.05) is 61.6 Å². The smallest absolute Gasteiger partial charge is 0.0947 e. The van der Waals surface area contributed by atoms with Gasteiger partial charge in [-0.25, -0.2) is 0 Å². The lowest BCUT2D eigenvalue weighted by molar-refractivity contribution is 0.0726. The Morgan fingerprint density at radius 2 is 1.85 bits per heavy atom. The van der Waals surface area contributed by atoms with Crippen molar-refractivity contribution in [3.63, 3.8) is 0 Å². The van der Waals surface area contributed by atoms with Crippen molar-refractivity contribution in [2.45, 2.75) is 102 Å². The maximum absolute atomic E-state index is 9.85. The van der Waals surface area contributed by atoms with E-state index < -0.39 is 0 Å². The van der Waals surface area contributed by atoms with Crippen LogP contribution in [0.3, 0.4) is 0 Å². The van der Waals surface area contributed by atoms with E-state index >= 15 is 0 Å². The molecule has 1 saturated carbocycles. The summed E-state index contributed by atoms with van der Waals surface area (Å²) in [6.45, 7) is 2.49. The quantitative estimate of drug-likeness (QED) is 0.338. The van der Waals surface area contributed by atoms with E-state index in [0.717, 1.165) is 69.3 Å². The number of hydrogen-bond acceptors (Lipinski definition) is 3. The minimum Gasteiger partial charge on any atom is -0.364 e.